The number of benzene rings is 2. The molecule has 0 bridgehead atoms. The molecule has 4 nitrogen and oxygen atoms in total. The fourth-order valence-corrected chi connectivity index (χ4v) is 4.29. The van der Waals surface area contributed by atoms with E-state index in [1.54, 1.807) is 23.5 Å². The molecular weight excluding hydrogens is 399 g/mol. The highest BCUT2D eigenvalue weighted by Crippen LogP contribution is 2.33. The second kappa shape index (κ2) is 6.53. The lowest BCUT2D eigenvalue weighted by Gasteiger charge is -2.07. The molecule has 0 fully saturated rings. The SMILES string of the molecule is Clc1ccc(Nc2ccc3ncc(-c4cc5ccccc5s4)n3n2)cc1Cl. The minimum absolute atomic E-state index is 0.497. The molecule has 0 spiro atoms. The van der Waals surface area contributed by atoms with Crippen LogP contribution in [0.5, 0.6) is 0 Å². The van der Waals surface area contributed by atoms with Crippen LogP contribution in [0.25, 0.3) is 26.3 Å². The number of hydrogen-bond acceptors (Lipinski definition) is 4. The lowest BCUT2D eigenvalue weighted by molar-refractivity contribution is 0.951. The van der Waals surface area contributed by atoms with Crippen molar-refractivity contribution in [3.05, 3.63) is 76.9 Å². The second-order valence-electron chi connectivity index (χ2n) is 6.03. The molecular formula is C20H12Cl2N4S. The molecule has 5 rings (SSSR count). The van der Waals surface area contributed by atoms with Gasteiger partial charge in [-0.1, -0.05) is 41.4 Å². The van der Waals surface area contributed by atoms with Crippen LogP contribution in [-0.4, -0.2) is 14.6 Å². The van der Waals surface area contributed by atoms with Gasteiger partial charge in [0.2, 0.25) is 0 Å². The summed E-state index contributed by atoms with van der Waals surface area (Å²) in [7, 11) is 0. The minimum Gasteiger partial charge on any atom is -0.339 e. The minimum atomic E-state index is 0.497. The number of hydrogen-bond donors (Lipinski definition) is 1. The van der Waals surface area contributed by atoms with Gasteiger partial charge in [-0.15, -0.1) is 16.4 Å². The molecule has 132 valence electrons. The summed E-state index contributed by atoms with van der Waals surface area (Å²) in [5.74, 6) is 0.696. The highest BCUT2D eigenvalue weighted by atomic mass is 35.5. The zero-order chi connectivity index (χ0) is 18.4. The van der Waals surface area contributed by atoms with Crippen LogP contribution in [0.2, 0.25) is 10.0 Å². The van der Waals surface area contributed by atoms with Crippen LogP contribution >= 0.6 is 34.5 Å². The third kappa shape index (κ3) is 3.04. The van der Waals surface area contributed by atoms with Crippen molar-refractivity contribution >= 4 is 61.8 Å². The summed E-state index contributed by atoms with van der Waals surface area (Å²) in [5.41, 5.74) is 2.57. The van der Waals surface area contributed by atoms with Gasteiger partial charge in [0, 0.05) is 10.4 Å². The van der Waals surface area contributed by atoms with E-state index in [1.165, 1.54) is 10.1 Å². The summed E-state index contributed by atoms with van der Waals surface area (Å²) in [6.45, 7) is 0. The van der Waals surface area contributed by atoms with Gasteiger partial charge in [0.05, 0.1) is 21.1 Å². The van der Waals surface area contributed by atoms with E-state index in [4.69, 9.17) is 28.3 Å². The van der Waals surface area contributed by atoms with Crippen molar-refractivity contribution in [3.8, 4) is 10.6 Å². The fourth-order valence-electron chi connectivity index (χ4n) is 2.94. The Hall–Kier alpha value is -2.60. The van der Waals surface area contributed by atoms with Crippen molar-refractivity contribution in [1.29, 1.82) is 0 Å². The maximum absolute atomic E-state index is 6.10. The molecule has 0 aliphatic heterocycles. The van der Waals surface area contributed by atoms with Gasteiger partial charge in [0.1, 0.15) is 5.69 Å². The van der Waals surface area contributed by atoms with E-state index in [0.29, 0.717) is 15.9 Å². The van der Waals surface area contributed by atoms with Crippen molar-refractivity contribution in [2.45, 2.75) is 0 Å². The monoisotopic (exact) mass is 410 g/mol. The number of nitrogens with zero attached hydrogens (tertiary/aromatic N) is 3. The Morgan fingerprint density at radius 1 is 0.926 bits per heavy atom. The van der Waals surface area contributed by atoms with E-state index in [-0.39, 0.29) is 0 Å². The first-order chi connectivity index (χ1) is 13.2. The lowest BCUT2D eigenvalue weighted by Crippen LogP contribution is -1.99. The van der Waals surface area contributed by atoms with Gasteiger partial charge in [-0.2, -0.15) is 0 Å². The number of thiophene rings is 1. The summed E-state index contributed by atoms with van der Waals surface area (Å²) in [6.07, 6.45) is 1.86. The predicted octanol–water partition coefficient (Wildman–Crippen LogP) is 6.66. The number of anilines is 2. The van der Waals surface area contributed by atoms with Gasteiger partial charge < -0.3 is 5.32 Å². The average Bonchev–Trinajstić information content (AvgIpc) is 3.28. The summed E-state index contributed by atoms with van der Waals surface area (Å²) in [5, 5.41) is 10.2. The van der Waals surface area contributed by atoms with Crippen LogP contribution in [0.15, 0.2) is 66.9 Å². The summed E-state index contributed by atoms with van der Waals surface area (Å²) < 4.78 is 3.09. The quantitative estimate of drug-likeness (QED) is 0.361. The molecule has 0 amide bonds. The van der Waals surface area contributed by atoms with E-state index in [2.05, 4.69) is 34.6 Å². The van der Waals surface area contributed by atoms with Crippen molar-refractivity contribution in [1.82, 2.24) is 14.6 Å². The summed E-state index contributed by atoms with van der Waals surface area (Å²) >= 11 is 13.8. The molecule has 1 N–H and O–H groups in total. The third-order valence-electron chi connectivity index (χ3n) is 4.23. The van der Waals surface area contributed by atoms with Crippen LogP contribution < -0.4 is 5.32 Å². The van der Waals surface area contributed by atoms with Crippen molar-refractivity contribution < 1.29 is 0 Å². The zero-order valence-corrected chi connectivity index (χ0v) is 16.2. The van der Waals surface area contributed by atoms with Crippen LogP contribution in [0.4, 0.5) is 11.5 Å². The van der Waals surface area contributed by atoms with Crippen molar-refractivity contribution in [3.63, 3.8) is 0 Å². The highest BCUT2D eigenvalue weighted by molar-refractivity contribution is 7.22. The molecule has 0 atom stereocenters. The van der Waals surface area contributed by atoms with Gasteiger partial charge in [-0.25, -0.2) is 9.50 Å². The highest BCUT2D eigenvalue weighted by Gasteiger charge is 2.11. The Balaban J connectivity index is 1.56. The average molecular weight is 411 g/mol. The van der Waals surface area contributed by atoms with E-state index in [9.17, 15) is 0 Å². The molecule has 3 aromatic heterocycles. The van der Waals surface area contributed by atoms with Gasteiger partial charge in [-0.05, 0) is 47.9 Å². The van der Waals surface area contributed by atoms with Gasteiger partial charge in [0.15, 0.2) is 11.5 Å². The molecule has 7 heteroatoms. The molecule has 0 radical (unpaired) electrons. The molecule has 0 aliphatic carbocycles. The van der Waals surface area contributed by atoms with Crippen LogP contribution in [0, 0.1) is 0 Å². The summed E-state index contributed by atoms with van der Waals surface area (Å²) in [6, 6.07) is 19.7. The smallest absolute Gasteiger partial charge is 0.154 e. The lowest BCUT2D eigenvalue weighted by atomic mass is 10.2. The molecule has 2 aromatic carbocycles. The maximum atomic E-state index is 6.10. The predicted molar refractivity (Wildman–Crippen MR) is 114 cm³/mol. The molecule has 0 unspecified atom stereocenters. The van der Waals surface area contributed by atoms with Crippen LogP contribution in [0.3, 0.4) is 0 Å². The number of fused-ring (bicyclic) bond motifs is 2. The van der Waals surface area contributed by atoms with E-state index < -0.39 is 0 Å². The fraction of sp³-hybridized carbons (Fsp3) is 0. The third-order valence-corrected chi connectivity index (χ3v) is 6.11. The normalized spacial score (nSPS) is 11.3. The largest absolute Gasteiger partial charge is 0.339 e. The number of halogens is 2. The van der Waals surface area contributed by atoms with E-state index >= 15 is 0 Å². The second-order valence-corrected chi connectivity index (χ2v) is 7.93. The summed E-state index contributed by atoms with van der Waals surface area (Å²) in [4.78, 5) is 5.61. The first-order valence-corrected chi connectivity index (χ1v) is 9.80. The molecule has 0 saturated carbocycles. The van der Waals surface area contributed by atoms with E-state index in [1.807, 2.05) is 35.0 Å². The number of rotatable bonds is 3. The first kappa shape index (κ1) is 16.6. The number of imidazole rings is 1. The molecule has 27 heavy (non-hydrogen) atoms. The topological polar surface area (TPSA) is 42.2 Å². The van der Waals surface area contributed by atoms with Crippen LogP contribution in [0.1, 0.15) is 0 Å². The van der Waals surface area contributed by atoms with E-state index in [0.717, 1.165) is 21.9 Å². The Bertz CT molecular complexity index is 1260. The van der Waals surface area contributed by atoms with Gasteiger partial charge >= 0.3 is 0 Å². The standard InChI is InChI=1S/C20H12Cl2N4S/c21-14-6-5-13(10-15(14)22)24-19-7-8-20-23-11-16(26(20)25-19)18-9-12-3-1-2-4-17(12)27-18/h1-11H,(H,24,25). The molecule has 0 saturated heterocycles. The Labute approximate surface area is 169 Å². The molecule has 5 aromatic rings. The number of nitrogens with one attached hydrogen (secondary N) is 1. The Morgan fingerprint density at radius 2 is 1.81 bits per heavy atom. The van der Waals surface area contributed by atoms with Gasteiger partial charge in [-0.3, -0.25) is 0 Å². The number of aromatic nitrogens is 3. The molecule has 0 aliphatic rings. The van der Waals surface area contributed by atoms with Crippen molar-refractivity contribution in [2.24, 2.45) is 0 Å². The molecule has 3 heterocycles. The van der Waals surface area contributed by atoms with Crippen LogP contribution in [-0.2, 0) is 0 Å². The van der Waals surface area contributed by atoms with Gasteiger partial charge in [0.25, 0.3) is 0 Å². The van der Waals surface area contributed by atoms with Crippen molar-refractivity contribution in [2.75, 3.05) is 5.32 Å². The first-order valence-electron chi connectivity index (χ1n) is 8.23. The Kier molecular flexibility index (Phi) is 4.01. The Morgan fingerprint density at radius 3 is 2.67 bits per heavy atom. The maximum Gasteiger partial charge on any atom is 0.154 e. The zero-order valence-electron chi connectivity index (χ0n) is 13.9.